The van der Waals surface area contributed by atoms with Crippen LogP contribution in [0.3, 0.4) is 0 Å². The van der Waals surface area contributed by atoms with E-state index in [1.807, 2.05) is 10.9 Å². The third-order valence-corrected chi connectivity index (χ3v) is 6.44. The molecule has 0 saturated carbocycles. The van der Waals surface area contributed by atoms with Crippen molar-refractivity contribution in [2.24, 2.45) is 0 Å². The van der Waals surface area contributed by atoms with E-state index < -0.39 is 0 Å². The molecule has 0 spiro atoms. The summed E-state index contributed by atoms with van der Waals surface area (Å²) < 4.78 is 1.88. The number of fused-ring (bicyclic) bond motifs is 1. The van der Waals surface area contributed by atoms with E-state index in [1.165, 1.54) is 23.2 Å². The van der Waals surface area contributed by atoms with Crippen molar-refractivity contribution in [1.82, 2.24) is 24.6 Å². The average Bonchev–Trinajstić information content (AvgIpc) is 3.45. The quantitative estimate of drug-likeness (QED) is 0.512. The number of nitrogens with zero attached hydrogens (tertiary/aromatic N) is 6. The third kappa shape index (κ3) is 3.69. The minimum Gasteiger partial charge on any atom is -0.370 e. The van der Waals surface area contributed by atoms with Gasteiger partial charge in [-0.3, -0.25) is 0 Å². The fourth-order valence-electron chi connectivity index (χ4n) is 4.47. The molecule has 1 unspecified atom stereocenters. The summed E-state index contributed by atoms with van der Waals surface area (Å²) in [7, 11) is 4.32. The third-order valence-electron chi connectivity index (χ3n) is 6.44. The van der Waals surface area contributed by atoms with Crippen LogP contribution in [0.5, 0.6) is 0 Å². The summed E-state index contributed by atoms with van der Waals surface area (Å²) in [5.41, 5.74) is 6.46. The van der Waals surface area contributed by atoms with Crippen LogP contribution in [-0.4, -0.2) is 57.9 Å². The van der Waals surface area contributed by atoms with Crippen molar-refractivity contribution in [3.8, 4) is 5.69 Å². The first-order valence-electron chi connectivity index (χ1n) is 11.0. The molecular weight excluding hydrogens is 398 g/mol. The van der Waals surface area contributed by atoms with Crippen molar-refractivity contribution in [3.05, 3.63) is 66.1 Å². The molecule has 5 rings (SSSR count). The van der Waals surface area contributed by atoms with Crippen molar-refractivity contribution in [2.75, 3.05) is 37.4 Å². The largest absolute Gasteiger partial charge is 0.370 e. The van der Waals surface area contributed by atoms with Crippen molar-refractivity contribution < 1.29 is 0 Å². The summed E-state index contributed by atoms with van der Waals surface area (Å²) in [4.78, 5) is 13.8. The van der Waals surface area contributed by atoms with Crippen molar-refractivity contribution in [3.63, 3.8) is 0 Å². The fraction of sp³-hybridized carbons (Fsp3) is 0.320. The number of anilines is 3. The van der Waals surface area contributed by atoms with Crippen LogP contribution >= 0.6 is 0 Å². The van der Waals surface area contributed by atoms with Crippen LogP contribution < -0.4 is 10.2 Å². The highest BCUT2D eigenvalue weighted by molar-refractivity contribution is 5.89. The average molecular weight is 428 g/mol. The summed E-state index contributed by atoms with van der Waals surface area (Å²) in [5.74, 6) is 0.766. The maximum Gasteiger partial charge on any atom is 0.168 e. The summed E-state index contributed by atoms with van der Waals surface area (Å²) in [5, 5.41) is 9.02. The van der Waals surface area contributed by atoms with Gasteiger partial charge in [0.1, 0.15) is 12.1 Å². The van der Waals surface area contributed by atoms with E-state index in [-0.39, 0.29) is 0 Å². The lowest BCUT2D eigenvalue weighted by molar-refractivity contribution is 0.315. The molecule has 1 N–H and O–H groups in total. The molecule has 1 atom stereocenters. The SMILES string of the molecule is Cc1cccc(C)c1Nc1ncnc2c1cnn2-c1ccc(N2CCC(N(C)C)C2)cc1. The molecule has 1 saturated heterocycles. The molecule has 1 aliphatic rings. The van der Waals surface area contributed by atoms with Gasteiger partial charge in [-0.25, -0.2) is 14.6 Å². The Morgan fingerprint density at radius 3 is 2.38 bits per heavy atom. The zero-order valence-corrected chi connectivity index (χ0v) is 19.1. The first-order valence-corrected chi connectivity index (χ1v) is 11.0. The Morgan fingerprint density at radius 2 is 1.69 bits per heavy atom. The van der Waals surface area contributed by atoms with Gasteiger partial charge in [0, 0.05) is 30.5 Å². The first kappa shape index (κ1) is 20.5. The monoisotopic (exact) mass is 427 g/mol. The fourth-order valence-corrected chi connectivity index (χ4v) is 4.47. The van der Waals surface area contributed by atoms with Crippen LogP contribution in [0.4, 0.5) is 17.2 Å². The van der Waals surface area contributed by atoms with Crippen LogP contribution in [0.1, 0.15) is 17.5 Å². The molecule has 0 amide bonds. The number of para-hydroxylation sites is 1. The second kappa shape index (κ2) is 8.24. The van der Waals surface area contributed by atoms with Crippen LogP contribution in [0.25, 0.3) is 16.7 Å². The topological polar surface area (TPSA) is 62.1 Å². The number of nitrogens with one attached hydrogen (secondary N) is 1. The minimum absolute atomic E-state index is 0.615. The Balaban J connectivity index is 1.43. The molecule has 7 heteroatoms. The van der Waals surface area contributed by atoms with Gasteiger partial charge < -0.3 is 15.1 Å². The van der Waals surface area contributed by atoms with Gasteiger partial charge >= 0.3 is 0 Å². The molecule has 1 aliphatic heterocycles. The van der Waals surface area contributed by atoms with Crippen molar-refractivity contribution in [2.45, 2.75) is 26.3 Å². The van der Waals surface area contributed by atoms with Crippen LogP contribution in [0.15, 0.2) is 55.0 Å². The molecule has 2 aromatic carbocycles. The Hall–Kier alpha value is -3.45. The van der Waals surface area contributed by atoms with Gasteiger partial charge in [0.25, 0.3) is 0 Å². The van der Waals surface area contributed by atoms with Gasteiger partial charge in [-0.15, -0.1) is 0 Å². The molecule has 164 valence electrons. The van der Waals surface area contributed by atoms with Crippen LogP contribution in [0.2, 0.25) is 0 Å². The van der Waals surface area contributed by atoms with E-state index in [4.69, 9.17) is 0 Å². The highest BCUT2D eigenvalue weighted by Crippen LogP contribution is 2.29. The van der Waals surface area contributed by atoms with Crippen LogP contribution in [0, 0.1) is 13.8 Å². The zero-order chi connectivity index (χ0) is 22.2. The number of likely N-dealkylation sites (N-methyl/N-ethyl adjacent to an activating group) is 1. The smallest absolute Gasteiger partial charge is 0.168 e. The molecule has 0 radical (unpaired) electrons. The number of aryl methyl sites for hydroxylation is 2. The second-order valence-corrected chi connectivity index (χ2v) is 8.78. The van der Waals surface area contributed by atoms with Gasteiger partial charge in [0.2, 0.25) is 0 Å². The number of hydrogen-bond donors (Lipinski definition) is 1. The van der Waals surface area contributed by atoms with E-state index in [2.05, 4.69) is 101 Å². The van der Waals surface area contributed by atoms with Crippen LogP contribution in [-0.2, 0) is 0 Å². The first-order chi connectivity index (χ1) is 15.5. The summed E-state index contributed by atoms with van der Waals surface area (Å²) in [6.45, 7) is 6.35. The highest BCUT2D eigenvalue weighted by Gasteiger charge is 2.24. The van der Waals surface area contributed by atoms with E-state index in [1.54, 1.807) is 6.33 Å². The Kier molecular flexibility index (Phi) is 5.27. The van der Waals surface area contributed by atoms with E-state index in [0.717, 1.165) is 41.3 Å². The predicted molar refractivity (Wildman–Crippen MR) is 130 cm³/mol. The van der Waals surface area contributed by atoms with Gasteiger partial charge in [0.05, 0.1) is 17.3 Å². The van der Waals surface area contributed by atoms with E-state index in [0.29, 0.717) is 6.04 Å². The normalized spacial score (nSPS) is 16.3. The minimum atomic E-state index is 0.615. The lowest BCUT2D eigenvalue weighted by Crippen LogP contribution is -2.31. The zero-order valence-electron chi connectivity index (χ0n) is 19.1. The van der Waals surface area contributed by atoms with Gasteiger partial charge in [0.15, 0.2) is 5.65 Å². The number of hydrogen-bond acceptors (Lipinski definition) is 6. The summed E-state index contributed by atoms with van der Waals surface area (Å²) >= 11 is 0. The summed E-state index contributed by atoms with van der Waals surface area (Å²) in [6, 6.07) is 15.5. The lowest BCUT2D eigenvalue weighted by Gasteiger charge is -2.22. The molecule has 7 nitrogen and oxygen atoms in total. The Labute approximate surface area is 188 Å². The molecule has 3 heterocycles. The van der Waals surface area contributed by atoms with E-state index >= 15 is 0 Å². The molecule has 2 aromatic heterocycles. The number of benzene rings is 2. The maximum absolute atomic E-state index is 4.63. The maximum atomic E-state index is 4.63. The summed E-state index contributed by atoms with van der Waals surface area (Å²) in [6.07, 6.45) is 4.63. The molecule has 32 heavy (non-hydrogen) atoms. The molecule has 1 fully saturated rings. The molecule has 0 aliphatic carbocycles. The number of rotatable bonds is 5. The number of aromatic nitrogens is 4. The standard InChI is InChI=1S/C25H29N7/c1-17-6-5-7-18(2)23(17)29-24-22-14-28-32(25(22)27-16-26-24)20-10-8-19(9-11-20)31-13-12-21(15-31)30(3)4/h5-11,14,16,21H,12-13,15H2,1-4H3,(H,26,27,29). The van der Waals surface area contributed by atoms with Gasteiger partial charge in [-0.2, -0.15) is 5.10 Å². The lowest BCUT2D eigenvalue weighted by atomic mass is 10.1. The predicted octanol–water partition coefficient (Wildman–Crippen LogP) is 4.32. The van der Waals surface area contributed by atoms with Crippen molar-refractivity contribution in [1.29, 1.82) is 0 Å². The Bertz CT molecular complexity index is 1220. The molecule has 0 bridgehead atoms. The van der Waals surface area contributed by atoms with E-state index in [9.17, 15) is 0 Å². The highest BCUT2D eigenvalue weighted by atomic mass is 15.3. The molecule has 4 aromatic rings. The second-order valence-electron chi connectivity index (χ2n) is 8.78. The molecular formula is C25H29N7. The van der Waals surface area contributed by atoms with Crippen molar-refractivity contribution >= 4 is 28.2 Å². The Morgan fingerprint density at radius 1 is 0.969 bits per heavy atom. The van der Waals surface area contributed by atoms with Gasteiger partial charge in [-0.05, 0) is 69.8 Å². The van der Waals surface area contributed by atoms with Gasteiger partial charge in [-0.1, -0.05) is 18.2 Å².